The van der Waals surface area contributed by atoms with Crippen molar-refractivity contribution < 1.29 is 18.0 Å². The largest absolute Gasteiger partial charge is 0.345 e. The number of rotatable bonds is 5. The van der Waals surface area contributed by atoms with E-state index in [-0.39, 0.29) is 22.6 Å². The average Bonchev–Trinajstić information content (AvgIpc) is 3.39. The summed E-state index contributed by atoms with van der Waals surface area (Å²) in [6.07, 6.45) is 4.35. The first kappa shape index (κ1) is 22.5. The maximum absolute atomic E-state index is 13.4. The van der Waals surface area contributed by atoms with Crippen molar-refractivity contribution in [3.05, 3.63) is 73.6 Å². The summed E-state index contributed by atoms with van der Waals surface area (Å²) in [7, 11) is -3.35. The van der Waals surface area contributed by atoms with Crippen LogP contribution in [0.1, 0.15) is 52.5 Å². The Morgan fingerprint density at radius 3 is 2.59 bits per heavy atom. The van der Waals surface area contributed by atoms with E-state index in [1.807, 2.05) is 22.9 Å². The molecule has 1 aliphatic heterocycles. The zero-order valence-electron chi connectivity index (χ0n) is 18.4. The lowest BCUT2D eigenvalue weighted by Gasteiger charge is -2.40. The van der Waals surface area contributed by atoms with Crippen LogP contribution in [-0.4, -0.2) is 37.0 Å². The number of carbonyl (C=O) groups excluding carboxylic acids is 2. The second kappa shape index (κ2) is 8.21. The number of pyridine rings is 1. The van der Waals surface area contributed by atoms with Gasteiger partial charge in [-0.1, -0.05) is 25.5 Å². The van der Waals surface area contributed by atoms with Gasteiger partial charge in [-0.15, -0.1) is 0 Å². The third kappa shape index (κ3) is 4.07. The molecule has 176 valence electrons. The highest BCUT2D eigenvalue weighted by molar-refractivity contribution is 7.94. The number of hydrogen-bond donors (Lipinski definition) is 3. The number of aromatic nitrogens is 1. The third-order valence-electron chi connectivity index (χ3n) is 6.63. The molecule has 2 aliphatic rings. The zero-order chi connectivity index (χ0) is 24.1. The molecule has 10 heteroatoms. The van der Waals surface area contributed by atoms with Crippen LogP contribution in [0.4, 0.5) is 5.69 Å². The molecular formula is C24H23N3O5S2. The lowest BCUT2D eigenvalue weighted by molar-refractivity contribution is 0.0945. The minimum atomic E-state index is -3.35. The van der Waals surface area contributed by atoms with Gasteiger partial charge in [-0.05, 0) is 52.8 Å². The van der Waals surface area contributed by atoms with E-state index in [9.17, 15) is 22.8 Å². The Balaban J connectivity index is 1.56. The lowest BCUT2D eigenvalue weighted by atomic mass is 9.64. The number of H-pyrrole nitrogens is 1. The maximum Gasteiger partial charge on any atom is 0.261 e. The van der Waals surface area contributed by atoms with E-state index in [4.69, 9.17) is 0 Å². The molecule has 1 aliphatic carbocycles. The van der Waals surface area contributed by atoms with E-state index in [1.165, 1.54) is 23.5 Å². The second-order valence-electron chi connectivity index (χ2n) is 9.08. The Morgan fingerprint density at radius 2 is 1.97 bits per heavy atom. The number of benzene rings is 1. The van der Waals surface area contributed by atoms with Gasteiger partial charge in [0.2, 0.25) is 0 Å². The van der Waals surface area contributed by atoms with Crippen molar-refractivity contribution in [3.63, 3.8) is 0 Å². The Kier molecular flexibility index (Phi) is 5.44. The summed E-state index contributed by atoms with van der Waals surface area (Å²) < 4.78 is 23.2. The van der Waals surface area contributed by atoms with E-state index >= 15 is 0 Å². The molecule has 5 rings (SSSR count). The lowest BCUT2D eigenvalue weighted by Crippen LogP contribution is -2.38. The molecule has 34 heavy (non-hydrogen) atoms. The number of thiophene rings is 1. The molecule has 3 aromatic rings. The number of fused-ring (bicyclic) bond motifs is 1. The predicted molar refractivity (Wildman–Crippen MR) is 132 cm³/mol. The average molecular weight is 498 g/mol. The number of sulfone groups is 1. The van der Waals surface area contributed by atoms with E-state index in [2.05, 4.69) is 22.5 Å². The minimum absolute atomic E-state index is 0.142. The molecule has 0 bridgehead atoms. The fraction of sp³-hybridized carbons (Fsp3) is 0.292. The van der Waals surface area contributed by atoms with Crippen LogP contribution in [0, 0.1) is 0 Å². The van der Waals surface area contributed by atoms with E-state index in [0.29, 0.717) is 22.2 Å². The van der Waals surface area contributed by atoms with Gasteiger partial charge in [0.1, 0.15) is 5.56 Å². The number of anilines is 1. The molecule has 1 aromatic carbocycles. The van der Waals surface area contributed by atoms with Gasteiger partial charge < -0.3 is 15.6 Å². The van der Waals surface area contributed by atoms with Crippen LogP contribution in [0.5, 0.6) is 0 Å². The van der Waals surface area contributed by atoms with Gasteiger partial charge in [0, 0.05) is 10.8 Å². The first-order valence-electron chi connectivity index (χ1n) is 10.9. The van der Waals surface area contributed by atoms with Gasteiger partial charge in [0.25, 0.3) is 17.4 Å². The fourth-order valence-electron chi connectivity index (χ4n) is 4.60. The highest BCUT2D eigenvalue weighted by Gasteiger charge is 2.37. The number of hydrogen-bond acceptors (Lipinski definition) is 6. The standard InChI is InChI=1S/C24H23N3O5S2/c1-24(7-2-8-24)18-4-3-14-11-17(21(28)26-16-6-10-34(31,32)13-16)22(29)27-20(14)19(18)23(30)25-15-5-9-33-12-15/h3-6,9-12,16H,2,7-8,13H2,1H3,(H,25,30)(H,26,28)(H,27,29)/t16-/m1/s1. The Hall–Kier alpha value is -3.24. The van der Waals surface area contributed by atoms with Crippen molar-refractivity contribution in [1.29, 1.82) is 0 Å². The summed E-state index contributed by atoms with van der Waals surface area (Å²) in [5, 5.41) is 10.8. The molecule has 0 spiro atoms. The number of amides is 2. The van der Waals surface area contributed by atoms with Crippen molar-refractivity contribution in [1.82, 2.24) is 10.3 Å². The van der Waals surface area contributed by atoms with Gasteiger partial charge in [-0.3, -0.25) is 14.4 Å². The summed E-state index contributed by atoms with van der Waals surface area (Å²) in [4.78, 5) is 41.8. The number of aromatic amines is 1. The van der Waals surface area contributed by atoms with Crippen LogP contribution >= 0.6 is 11.3 Å². The van der Waals surface area contributed by atoms with Crippen LogP contribution in [0.15, 0.2) is 51.3 Å². The molecule has 1 saturated carbocycles. The molecule has 0 radical (unpaired) electrons. The third-order valence-corrected chi connectivity index (χ3v) is 8.70. The molecule has 0 saturated heterocycles. The van der Waals surface area contributed by atoms with Crippen molar-refractivity contribution in [2.75, 3.05) is 11.1 Å². The first-order chi connectivity index (χ1) is 16.2. The quantitative estimate of drug-likeness (QED) is 0.499. The second-order valence-corrected chi connectivity index (χ2v) is 11.8. The molecule has 3 heterocycles. The highest BCUT2D eigenvalue weighted by Crippen LogP contribution is 2.45. The first-order valence-corrected chi connectivity index (χ1v) is 13.6. The summed E-state index contributed by atoms with van der Waals surface area (Å²) in [6.45, 7) is 2.11. The molecule has 8 nitrogen and oxygen atoms in total. The van der Waals surface area contributed by atoms with Crippen molar-refractivity contribution >= 4 is 49.6 Å². The van der Waals surface area contributed by atoms with Crippen molar-refractivity contribution in [3.8, 4) is 0 Å². The van der Waals surface area contributed by atoms with Crippen LogP contribution in [0.3, 0.4) is 0 Å². The van der Waals surface area contributed by atoms with Gasteiger partial charge in [-0.2, -0.15) is 11.3 Å². The Bertz CT molecular complexity index is 1500. The summed E-state index contributed by atoms with van der Waals surface area (Å²) >= 11 is 1.47. The van der Waals surface area contributed by atoms with E-state index in [0.717, 1.165) is 30.2 Å². The van der Waals surface area contributed by atoms with Gasteiger partial charge >= 0.3 is 0 Å². The molecule has 0 unspecified atom stereocenters. The predicted octanol–water partition coefficient (Wildman–Crippen LogP) is 3.32. The zero-order valence-corrected chi connectivity index (χ0v) is 20.0. The van der Waals surface area contributed by atoms with Crippen LogP contribution in [-0.2, 0) is 15.3 Å². The van der Waals surface area contributed by atoms with Gasteiger partial charge in [-0.25, -0.2) is 8.42 Å². The molecule has 1 fully saturated rings. The van der Waals surface area contributed by atoms with Gasteiger partial charge in [0.05, 0.1) is 28.6 Å². The van der Waals surface area contributed by atoms with Crippen LogP contribution in [0.25, 0.3) is 10.9 Å². The number of nitrogens with one attached hydrogen (secondary N) is 3. The monoisotopic (exact) mass is 497 g/mol. The van der Waals surface area contributed by atoms with Crippen molar-refractivity contribution in [2.45, 2.75) is 37.6 Å². The summed E-state index contributed by atoms with van der Waals surface area (Å²) in [5.74, 6) is -1.23. The van der Waals surface area contributed by atoms with Crippen LogP contribution in [0.2, 0.25) is 0 Å². The molecule has 3 N–H and O–H groups in total. The Labute approximate surface area is 200 Å². The highest BCUT2D eigenvalue weighted by atomic mass is 32.2. The Morgan fingerprint density at radius 1 is 1.18 bits per heavy atom. The normalized spacial score (nSPS) is 20.1. The molecule has 1 atom stereocenters. The number of carbonyl (C=O) groups is 2. The maximum atomic E-state index is 13.4. The molecular weight excluding hydrogens is 474 g/mol. The van der Waals surface area contributed by atoms with Crippen molar-refractivity contribution in [2.24, 2.45) is 0 Å². The smallest absolute Gasteiger partial charge is 0.261 e. The van der Waals surface area contributed by atoms with Gasteiger partial charge in [0.15, 0.2) is 9.84 Å². The topological polar surface area (TPSA) is 125 Å². The SMILES string of the molecule is CC1(c2ccc3cc(C(=O)N[C@@H]4C=CS(=O)(=O)C4)c(=O)[nH]c3c2C(=O)Nc2ccsc2)CCC1. The van der Waals surface area contributed by atoms with E-state index < -0.39 is 27.3 Å². The fourth-order valence-corrected chi connectivity index (χ4v) is 6.42. The molecule has 2 amide bonds. The van der Waals surface area contributed by atoms with Crippen LogP contribution < -0.4 is 16.2 Å². The minimum Gasteiger partial charge on any atom is -0.345 e. The summed E-state index contributed by atoms with van der Waals surface area (Å²) in [6, 6.07) is 6.27. The molecule has 2 aromatic heterocycles. The van der Waals surface area contributed by atoms with E-state index in [1.54, 1.807) is 6.07 Å². The summed E-state index contributed by atoms with van der Waals surface area (Å²) in [5.41, 5.74) is 1.38.